The molecule has 1 aliphatic heterocycles. The lowest BCUT2D eigenvalue weighted by Gasteiger charge is -2.34. The van der Waals surface area contributed by atoms with Crippen LogP contribution < -0.4 is 0 Å². The smallest absolute Gasteiger partial charge is 0.229 e. The molecule has 0 aliphatic carbocycles. The van der Waals surface area contributed by atoms with Crippen LogP contribution in [0.5, 0.6) is 0 Å². The Labute approximate surface area is 178 Å². The second-order valence-electron chi connectivity index (χ2n) is 8.30. The van der Waals surface area contributed by atoms with E-state index in [1.54, 1.807) is 0 Å². The number of likely N-dealkylation sites (tertiary alicyclic amines) is 1. The first-order valence-electron chi connectivity index (χ1n) is 10.9. The molecule has 0 N–H and O–H groups in total. The Kier molecular flexibility index (Phi) is 6.26. The van der Waals surface area contributed by atoms with Crippen LogP contribution in [0.3, 0.4) is 0 Å². The van der Waals surface area contributed by atoms with Crippen LogP contribution in [-0.2, 0) is 11.3 Å². The zero-order valence-electron chi connectivity index (χ0n) is 17.9. The first-order chi connectivity index (χ1) is 14.6. The first kappa shape index (κ1) is 20.3. The molecule has 1 aromatic carbocycles. The van der Waals surface area contributed by atoms with E-state index in [9.17, 15) is 4.79 Å². The minimum atomic E-state index is -0.0701. The minimum Gasteiger partial charge on any atom is -0.342 e. The zero-order chi connectivity index (χ0) is 20.9. The third-order valence-electron chi connectivity index (χ3n) is 6.35. The van der Waals surface area contributed by atoms with E-state index in [4.69, 9.17) is 0 Å². The van der Waals surface area contributed by atoms with Gasteiger partial charge in [0.25, 0.3) is 0 Å². The highest BCUT2D eigenvalue weighted by atomic mass is 16.2. The number of carbonyl (C=O) groups excluding carboxylic acids is 1. The van der Waals surface area contributed by atoms with E-state index in [1.165, 1.54) is 5.69 Å². The van der Waals surface area contributed by atoms with Crippen LogP contribution in [0.15, 0.2) is 61.1 Å². The summed E-state index contributed by atoms with van der Waals surface area (Å²) in [5, 5.41) is 0. The predicted octanol–water partition coefficient (Wildman–Crippen LogP) is 4.69. The van der Waals surface area contributed by atoms with Crippen LogP contribution in [0.4, 0.5) is 0 Å². The molecule has 1 fully saturated rings. The van der Waals surface area contributed by atoms with E-state index in [1.807, 2.05) is 68.0 Å². The molecule has 5 nitrogen and oxygen atoms in total. The van der Waals surface area contributed by atoms with Crippen LogP contribution in [-0.4, -0.2) is 38.4 Å². The third kappa shape index (κ3) is 4.45. The molecule has 2 aromatic heterocycles. The molecule has 0 radical (unpaired) electrons. The molecule has 3 aromatic rings. The Balaban J connectivity index is 1.32. The average molecular weight is 403 g/mol. The number of imidazole rings is 1. The quantitative estimate of drug-likeness (QED) is 0.601. The molecule has 0 bridgehead atoms. The van der Waals surface area contributed by atoms with Gasteiger partial charge in [0.1, 0.15) is 5.82 Å². The van der Waals surface area contributed by atoms with Gasteiger partial charge in [0.15, 0.2) is 0 Å². The number of piperidine rings is 1. The van der Waals surface area contributed by atoms with Gasteiger partial charge in [-0.1, -0.05) is 30.3 Å². The largest absolute Gasteiger partial charge is 0.342 e. The van der Waals surface area contributed by atoms with E-state index in [2.05, 4.69) is 26.4 Å². The summed E-state index contributed by atoms with van der Waals surface area (Å²) in [4.78, 5) is 23.7. The highest BCUT2D eigenvalue weighted by Gasteiger charge is 2.26. The number of pyridine rings is 1. The maximum absolute atomic E-state index is 12.9. The molecule has 4 rings (SSSR count). The fourth-order valence-corrected chi connectivity index (χ4v) is 4.39. The summed E-state index contributed by atoms with van der Waals surface area (Å²) in [6, 6.07) is 14.1. The molecule has 30 heavy (non-hydrogen) atoms. The summed E-state index contributed by atoms with van der Waals surface area (Å²) >= 11 is 0. The molecule has 1 unspecified atom stereocenters. The van der Waals surface area contributed by atoms with Crippen molar-refractivity contribution in [3.63, 3.8) is 0 Å². The first-order valence-corrected chi connectivity index (χ1v) is 10.9. The minimum absolute atomic E-state index is 0.0701. The lowest BCUT2D eigenvalue weighted by molar-refractivity contribution is -0.133. The van der Waals surface area contributed by atoms with E-state index in [0.717, 1.165) is 55.8 Å². The SMILES string of the molecule is Cc1cnc(-c2ccncc2)n1CCC1CCN(C(=O)C(C)c2ccccc2)CC1. The molecular formula is C25H30N4O. The second-order valence-corrected chi connectivity index (χ2v) is 8.30. The van der Waals surface area contributed by atoms with Gasteiger partial charge in [-0.2, -0.15) is 0 Å². The maximum Gasteiger partial charge on any atom is 0.229 e. The van der Waals surface area contributed by atoms with Crippen molar-refractivity contribution in [3.05, 3.63) is 72.3 Å². The van der Waals surface area contributed by atoms with Gasteiger partial charge in [-0.3, -0.25) is 9.78 Å². The van der Waals surface area contributed by atoms with Gasteiger partial charge < -0.3 is 9.47 Å². The number of amides is 1. The number of aryl methyl sites for hydroxylation is 1. The second kappa shape index (κ2) is 9.24. The van der Waals surface area contributed by atoms with Crippen molar-refractivity contribution in [1.29, 1.82) is 0 Å². The van der Waals surface area contributed by atoms with E-state index in [0.29, 0.717) is 5.92 Å². The lowest BCUT2D eigenvalue weighted by atomic mass is 9.92. The normalized spacial score (nSPS) is 15.9. The van der Waals surface area contributed by atoms with Crippen LogP contribution in [0.25, 0.3) is 11.4 Å². The Hall–Kier alpha value is -2.95. The molecule has 156 valence electrons. The number of hydrogen-bond donors (Lipinski definition) is 0. The summed E-state index contributed by atoms with van der Waals surface area (Å²) < 4.78 is 2.31. The number of benzene rings is 1. The summed E-state index contributed by atoms with van der Waals surface area (Å²) in [6.45, 7) is 6.82. The van der Waals surface area contributed by atoms with Gasteiger partial charge in [0.2, 0.25) is 5.91 Å². The fourth-order valence-electron chi connectivity index (χ4n) is 4.39. The summed E-state index contributed by atoms with van der Waals surface area (Å²) in [5.74, 6) is 1.84. The van der Waals surface area contributed by atoms with Gasteiger partial charge in [-0.05, 0) is 56.7 Å². The van der Waals surface area contributed by atoms with Crippen LogP contribution >= 0.6 is 0 Å². The highest BCUT2D eigenvalue weighted by Crippen LogP contribution is 2.26. The van der Waals surface area contributed by atoms with Crippen molar-refractivity contribution < 1.29 is 4.79 Å². The lowest BCUT2D eigenvalue weighted by Crippen LogP contribution is -2.40. The van der Waals surface area contributed by atoms with Gasteiger partial charge in [-0.15, -0.1) is 0 Å². The topological polar surface area (TPSA) is 51.0 Å². The Morgan fingerprint density at radius 3 is 2.50 bits per heavy atom. The molecule has 0 saturated carbocycles. The molecule has 1 amide bonds. The van der Waals surface area contributed by atoms with Gasteiger partial charge in [0.05, 0.1) is 5.92 Å². The number of hydrogen-bond acceptors (Lipinski definition) is 3. The molecule has 0 spiro atoms. The molecule has 3 heterocycles. The molecule has 1 saturated heterocycles. The van der Waals surface area contributed by atoms with Crippen molar-refractivity contribution in [3.8, 4) is 11.4 Å². The van der Waals surface area contributed by atoms with E-state index >= 15 is 0 Å². The fraction of sp³-hybridized carbons (Fsp3) is 0.400. The number of nitrogens with zero attached hydrogens (tertiary/aromatic N) is 4. The van der Waals surface area contributed by atoms with Crippen molar-refractivity contribution in [2.24, 2.45) is 5.92 Å². The molecule has 5 heteroatoms. The van der Waals surface area contributed by atoms with Crippen molar-refractivity contribution in [1.82, 2.24) is 19.4 Å². The van der Waals surface area contributed by atoms with Gasteiger partial charge in [-0.25, -0.2) is 4.98 Å². The molecule has 1 aliphatic rings. The number of rotatable bonds is 6. The van der Waals surface area contributed by atoms with Crippen molar-refractivity contribution in [2.45, 2.75) is 45.6 Å². The third-order valence-corrected chi connectivity index (χ3v) is 6.35. The van der Waals surface area contributed by atoms with E-state index < -0.39 is 0 Å². The van der Waals surface area contributed by atoms with Gasteiger partial charge in [0, 0.05) is 49.5 Å². The van der Waals surface area contributed by atoms with Crippen LogP contribution in [0.2, 0.25) is 0 Å². The summed E-state index contributed by atoms with van der Waals surface area (Å²) in [7, 11) is 0. The van der Waals surface area contributed by atoms with Crippen LogP contribution in [0.1, 0.15) is 43.4 Å². The van der Waals surface area contributed by atoms with E-state index in [-0.39, 0.29) is 11.8 Å². The predicted molar refractivity (Wildman–Crippen MR) is 119 cm³/mol. The molecule has 1 atom stereocenters. The summed E-state index contributed by atoms with van der Waals surface area (Å²) in [6.07, 6.45) is 8.84. The van der Waals surface area contributed by atoms with Crippen molar-refractivity contribution in [2.75, 3.05) is 13.1 Å². The standard InChI is InChI=1S/C25H30N4O/c1-19-18-27-24(23-8-13-26-14-9-23)29(19)17-12-21-10-15-28(16-11-21)25(30)20(2)22-6-4-3-5-7-22/h3-9,13-14,18,20-21H,10-12,15-17H2,1-2H3. The Morgan fingerprint density at radius 1 is 1.10 bits per heavy atom. The van der Waals surface area contributed by atoms with Gasteiger partial charge >= 0.3 is 0 Å². The average Bonchev–Trinajstić information content (AvgIpc) is 3.18. The highest BCUT2D eigenvalue weighted by molar-refractivity contribution is 5.83. The van der Waals surface area contributed by atoms with Crippen LogP contribution in [0, 0.1) is 12.8 Å². The zero-order valence-corrected chi connectivity index (χ0v) is 17.9. The Bertz CT molecular complexity index is 959. The monoisotopic (exact) mass is 402 g/mol. The summed E-state index contributed by atoms with van der Waals surface area (Å²) in [5.41, 5.74) is 3.39. The number of aromatic nitrogens is 3. The maximum atomic E-state index is 12.9. The Morgan fingerprint density at radius 2 is 1.80 bits per heavy atom. The molecular weight excluding hydrogens is 372 g/mol. The number of carbonyl (C=O) groups is 1. The van der Waals surface area contributed by atoms with Crippen molar-refractivity contribution >= 4 is 5.91 Å².